The minimum atomic E-state index is -2.00. The Morgan fingerprint density at radius 3 is 2.05 bits per heavy atom. The average molecular weight is 866 g/mol. The van der Waals surface area contributed by atoms with E-state index < -0.39 is 135 Å². The van der Waals surface area contributed by atoms with Crippen molar-refractivity contribution in [2.75, 3.05) is 19.8 Å². The lowest BCUT2D eigenvalue weighted by Crippen LogP contribution is -2.64. The van der Waals surface area contributed by atoms with Gasteiger partial charge in [0.1, 0.15) is 90.5 Å². The second-order valence-electron chi connectivity index (χ2n) is 14.7. The number of fused-ring (bicyclic) bond motifs is 1. The van der Waals surface area contributed by atoms with Gasteiger partial charge in [0.2, 0.25) is 6.29 Å². The SMILES string of the molecule is O=C(OC[C@@H]1O[C@@H](OC[C@@H]2O[C@@H](OC3=Cc4c(O)cc(O)cc4[OH+]C3c3ccc(O)c(O)c3)[C@H](O[C@@H]3OC[C@H](O)[C@H](O)[C@@H]3O)[C@H](O)[C@H]2O)[C@H](O)[C@@H](O)[C@@H]1O)c1ccc(O)cc1. The van der Waals surface area contributed by atoms with E-state index in [1.54, 1.807) is 0 Å². The quantitative estimate of drug-likeness (QED) is 0.0539. The van der Waals surface area contributed by atoms with Gasteiger partial charge in [0.05, 0.1) is 30.4 Å². The average Bonchev–Trinajstić information content (AvgIpc) is 3.23. The zero-order chi connectivity index (χ0) is 43.9. The van der Waals surface area contributed by atoms with Gasteiger partial charge in [-0.3, -0.25) is 0 Å². The molecule has 3 aromatic carbocycles. The first-order valence-corrected chi connectivity index (χ1v) is 18.8. The summed E-state index contributed by atoms with van der Waals surface area (Å²) in [6.45, 7) is -1.90. The highest BCUT2D eigenvalue weighted by Gasteiger charge is 2.52. The standard InChI is InChI=1S/C39H44O22/c40-16-4-1-14(2-5-16)36(53)54-12-25-28(47)30(49)33(52)37(59-25)56-13-26-29(48)31(50)35(61-38-32(51)27(46)22(45)11-55-38)39(60-26)58-24-10-18-20(43)8-17(41)9-23(18)57-34(24)15-3-6-19(42)21(44)7-15/h1-10,22,25-35,37-52H,11-13H2/p+1/t22-,25-,26-,27-,28+,29-,30-,31+,32-,33+,34?,35+,37+,38-,39+/m0/s1. The highest BCUT2D eigenvalue weighted by molar-refractivity contribution is 5.89. The zero-order valence-electron chi connectivity index (χ0n) is 31.6. The van der Waals surface area contributed by atoms with E-state index in [0.717, 1.165) is 18.2 Å². The van der Waals surface area contributed by atoms with Gasteiger partial charge >= 0.3 is 5.97 Å². The summed E-state index contributed by atoms with van der Waals surface area (Å²) >= 11 is 0. The van der Waals surface area contributed by atoms with Crippen LogP contribution < -0.4 is 0 Å². The predicted octanol–water partition coefficient (Wildman–Crippen LogP) is -2.48. The molecule has 4 heterocycles. The van der Waals surface area contributed by atoms with Crippen molar-refractivity contribution in [3.63, 3.8) is 0 Å². The van der Waals surface area contributed by atoms with Crippen LogP contribution >= 0.6 is 0 Å². The fourth-order valence-corrected chi connectivity index (χ4v) is 7.03. The summed E-state index contributed by atoms with van der Waals surface area (Å²) in [5.74, 6) is -2.88. The topological polar surface area (TPSA) is 357 Å². The lowest BCUT2D eigenvalue weighted by Gasteiger charge is -2.46. The third kappa shape index (κ3) is 9.27. The summed E-state index contributed by atoms with van der Waals surface area (Å²) in [5.41, 5.74) is 0.275. The lowest BCUT2D eigenvalue weighted by atomic mass is 9.97. The van der Waals surface area contributed by atoms with E-state index in [0.29, 0.717) is 0 Å². The molecule has 22 heteroatoms. The summed E-state index contributed by atoms with van der Waals surface area (Å²) in [6, 6.07) is 11.0. The van der Waals surface area contributed by atoms with E-state index in [1.807, 2.05) is 0 Å². The van der Waals surface area contributed by atoms with Crippen LogP contribution in [0.2, 0.25) is 0 Å². The highest BCUT2D eigenvalue weighted by atomic mass is 16.8. The summed E-state index contributed by atoms with van der Waals surface area (Å²) in [7, 11) is 0. The summed E-state index contributed by atoms with van der Waals surface area (Å²) in [4.78, 5) is 12.6. The molecule has 3 aromatic rings. The number of aromatic hydroxyl groups is 6. The summed E-state index contributed by atoms with van der Waals surface area (Å²) in [5, 5.41) is 137. The Balaban J connectivity index is 1.14. The molecule has 15 atom stereocenters. The second-order valence-corrected chi connectivity index (χ2v) is 14.7. The van der Waals surface area contributed by atoms with Crippen LogP contribution in [0.5, 0.6) is 34.5 Å². The molecule has 4 aliphatic heterocycles. The lowest BCUT2D eigenvalue weighted by molar-refractivity contribution is -0.360. The Bertz CT molecular complexity index is 2050. The maximum Gasteiger partial charge on any atom is 0.338 e. The van der Waals surface area contributed by atoms with Crippen LogP contribution in [0.25, 0.3) is 6.08 Å². The number of benzene rings is 3. The van der Waals surface area contributed by atoms with Crippen molar-refractivity contribution in [1.29, 1.82) is 0 Å². The highest BCUT2D eigenvalue weighted by Crippen LogP contribution is 2.46. The number of aliphatic hydroxyl groups excluding tert-OH is 8. The number of hydrogen-bond donors (Lipinski definition) is 13. The molecule has 0 spiro atoms. The van der Waals surface area contributed by atoms with Crippen LogP contribution in [-0.2, 0) is 33.2 Å². The number of hydrogen-bond acceptors (Lipinski definition) is 21. The largest absolute Gasteiger partial charge is 0.571 e. The Kier molecular flexibility index (Phi) is 13.1. The maximum absolute atomic E-state index is 12.6. The minimum absolute atomic E-state index is 0.0384. The molecule has 0 aliphatic carbocycles. The van der Waals surface area contributed by atoms with Crippen molar-refractivity contribution in [2.45, 2.75) is 92.1 Å². The fourth-order valence-electron chi connectivity index (χ4n) is 7.03. The van der Waals surface area contributed by atoms with E-state index in [4.69, 9.17) is 33.2 Å². The van der Waals surface area contributed by atoms with E-state index >= 15 is 0 Å². The molecular weight excluding hydrogens is 820 g/mol. The van der Waals surface area contributed by atoms with Crippen LogP contribution in [0, 0.1) is 0 Å². The number of rotatable bonds is 11. The Labute approximate surface area is 344 Å². The van der Waals surface area contributed by atoms with Crippen LogP contribution in [0.15, 0.2) is 60.4 Å². The molecule has 22 nitrogen and oxygen atoms in total. The van der Waals surface area contributed by atoms with Crippen molar-refractivity contribution >= 4 is 12.0 Å². The van der Waals surface area contributed by atoms with E-state index in [-0.39, 0.29) is 39.7 Å². The number of aliphatic hydroxyl groups is 9. The van der Waals surface area contributed by atoms with Gasteiger partial charge in [0.15, 0.2) is 35.9 Å². The molecule has 0 radical (unpaired) electrons. The van der Waals surface area contributed by atoms with E-state index in [2.05, 4.69) is 4.74 Å². The van der Waals surface area contributed by atoms with Gasteiger partial charge in [-0.05, 0) is 42.5 Å². The Hall–Kier alpha value is -5.05. The molecule has 3 fully saturated rings. The fraction of sp³-hybridized carbons (Fsp3) is 0.462. The van der Waals surface area contributed by atoms with Gasteiger partial charge in [-0.15, -0.1) is 0 Å². The number of ether oxygens (including phenoxy) is 8. The van der Waals surface area contributed by atoms with Gasteiger partial charge in [0, 0.05) is 12.1 Å². The van der Waals surface area contributed by atoms with Gasteiger partial charge < -0.3 is 104 Å². The molecule has 0 bridgehead atoms. The number of phenolic OH excluding ortho intramolecular Hbond substituents is 5. The minimum Gasteiger partial charge on any atom is -0.571 e. The number of esters is 1. The Morgan fingerprint density at radius 1 is 0.656 bits per heavy atom. The normalized spacial score (nSPS) is 35.0. The zero-order valence-corrected chi connectivity index (χ0v) is 31.6. The van der Waals surface area contributed by atoms with E-state index in [9.17, 15) is 71.2 Å². The molecule has 61 heavy (non-hydrogen) atoms. The van der Waals surface area contributed by atoms with Crippen molar-refractivity contribution < 1.29 is 109 Å². The molecule has 1 unspecified atom stereocenters. The summed E-state index contributed by atoms with van der Waals surface area (Å²) < 4.78 is 44.6. The van der Waals surface area contributed by atoms with Crippen molar-refractivity contribution in [3.05, 3.63) is 77.0 Å². The number of carbonyl (C=O) groups excluding carboxylic acids is 1. The van der Waals surface area contributed by atoms with Crippen LogP contribution in [0.4, 0.5) is 0 Å². The van der Waals surface area contributed by atoms with Crippen molar-refractivity contribution in [1.82, 2.24) is 0 Å². The molecule has 332 valence electrons. The van der Waals surface area contributed by atoms with Gasteiger partial charge in [-0.1, -0.05) is 0 Å². The van der Waals surface area contributed by atoms with Crippen LogP contribution in [0.1, 0.15) is 27.6 Å². The molecular formula is C39H45O22+. The molecule has 0 aromatic heterocycles. The van der Waals surface area contributed by atoms with E-state index in [1.165, 1.54) is 42.5 Å². The first-order valence-electron chi connectivity index (χ1n) is 18.8. The molecule has 3 saturated heterocycles. The third-order valence-electron chi connectivity index (χ3n) is 10.5. The van der Waals surface area contributed by atoms with Crippen LogP contribution in [0.3, 0.4) is 0 Å². The first kappa shape index (κ1) is 44.0. The number of phenols is 5. The predicted molar refractivity (Wildman–Crippen MR) is 197 cm³/mol. The second kappa shape index (κ2) is 18.1. The van der Waals surface area contributed by atoms with Gasteiger partial charge in [0.25, 0.3) is 11.9 Å². The van der Waals surface area contributed by atoms with Crippen LogP contribution in [-0.4, -0.2) is 183 Å². The molecule has 7 rings (SSSR count). The van der Waals surface area contributed by atoms with Crippen molar-refractivity contribution in [2.24, 2.45) is 0 Å². The Morgan fingerprint density at radius 2 is 1.33 bits per heavy atom. The van der Waals surface area contributed by atoms with Crippen molar-refractivity contribution in [3.8, 4) is 34.5 Å². The van der Waals surface area contributed by atoms with Gasteiger partial charge in [-0.25, -0.2) is 4.79 Å². The monoisotopic (exact) mass is 865 g/mol. The smallest absolute Gasteiger partial charge is 0.338 e. The molecule has 0 amide bonds. The maximum atomic E-state index is 12.6. The number of carbonyl (C=O) groups is 1. The molecule has 0 saturated carbocycles. The third-order valence-corrected chi connectivity index (χ3v) is 10.5. The van der Waals surface area contributed by atoms with Gasteiger partial charge in [-0.2, -0.15) is 0 Å². The molecule has 4 aliphatic rings. The molecule has 14 N–H and O–H groups in total. The first-order chi connectivity index (χ1) is 29.0. The summed E-state index contributed by atoms with van der Waals surface area (Å²) in [6.07, 6.45) is -24.8.